The van der Waals surface area contributed by atoms with Gasteiger partial charge < -0.3 is 19.5 Å². The van der Waals surface area contributed by atoms with E-state index in [1.165, 1.54) is 31.6 Å². The number of ether oxygens (including phenoxy) is 3. The number of rotatable bonds is 14. The first-order valence-electron chi connectivity index (χ1n) is 17.2. The molecule has 0 fully saturated rings. The summed E-state index contributed by atoms with van der Waals surface area (Å²) < 4.78 is 48.3. The van der Waals surface area contributed by atoms with E-state index >= 15 is 0 Å². The van der Waals surface area contributed by atoms with Crippen LogP contribution in [0.3, 0.4) is 0 Å². The Hall–Kier alpha value is -6.34. The molecule has 0 aliphatic carbocycles. The lowest BCUT2D eigenvalue weighted by Gasteiger charge is -2.21. The molecule has 12 nitrogen and oxygen atoms in total. The summed E-state index contributed by atoms with van der Waals surface area (Å²) in [5.74, 6) is -0.207. The zero-order valence-corrected chi connectivity index (χ0v) is 31.1. The topological polar surface area (TPSA) is 155 Å². The Morgan fingerprint density at radius 1 is 0.741 bits per heavy atom. The highest BCUT2D eigenvalue weighted by Gasteiger charge is 2.27. The number of aromatic nitrogens is 4. The number of anilines is 1. The van der Waals surface area contributed by atoms with Crippen LogP contribution in [0.4, 0.5) is 5.82 Å². The Balaban J connectivity index is 1.35. The molecule has 6 rings (SSSR count). The monoisotopic (exact) mass is 744 g/mol. The summed E-state index contributed by atoms with van der Waals surface area (Å²) in [4.78, 5) is 31.1. The van der Waals surface area contributed by atoms with Crippen LogP contribution < -0.4 is 24.2 Å². The van der Waals surface area contributed by atoms with E-state index in [0.29, 0.717) is 5.75 Å². The Morgan fingerprint density at radius 3 is 1.93 bits per heavy atom. The van der Waals surface area contributed by atoms with Gasteiger partial charge in [0.25, 0.3) is 15.9 Å². The van der Waals surface area contributed by atoms with Crippen molar-refractivity contribution >= 4 is 21.7 Å². The highest BCUT2D eigenvalue weighted by Crippen LogP contribution is 2.41. The van der Waals surface area contributed by atoms with Gasteiger partial charge in [-0.15, -0.1) is 0 Å². The molecule has 13 heteroatoms. The summed E-state index contributed by atoms with van der Waals surface area (Å²) >= 11 is 0. The van der Waals surface area contributed by atoms with E-state index in [2.05, 4.69) is 30.0 Å². The largest absolute Gasteiger partial charge is 0.493 e. The number of carbonyl (C=O) groups excluding carboxylic acids is 1. The van der Waals surface area contributed by atoms with Crippen molar-refractivity contribution in [2.75, 3.05) is 18.4 Å². The third kappa shape index (κ3) is 9.17. The van der Waals surface area contributed by atoms with Crippen molar-refractivity contribution in [3.63, 3.8) is 0 Å². The van der Waals surface area contributed by atoms with Crippen LogP contribution in [0.1, 0.15) is 49.9 Å². The van der Waals surface area contributed by atoms with Crippen LogP contribution in [0.15, 0.2) is 133 Å². The number of sulfonamides is 1. The average Bonchev–Trinajstić information content (AvgIpc) is 3.18. The maximum Gasteiger partial charge on any atom is 0.263 e. The first-order chi connectivity index (χ1) is 26.0. The zero-order valence-electron chi connectivity index (χ0n) is 30.3. The van der Waals surface area contributed by atoms with Crippen molar-refractivity contribution in [3.05, 3.63) is 144 Å². The first kappa shape index (κ1) is 37.4. The Bertz CT molecular complexity index is 2250. The van der Waals surface area contributed by atoms with E-state index in [0.717, 1.165) is 16.7 Å². The first-order valence-corrected chi connectivity index (χ1v) is 18.7. The third-order valence-corrected chi connectivity index (χ3v) is 9.64. The smallest absolute Gasteiger partial charge is 0.263 e. The van der Waals surface area contributed by atoms with Gasteiger partial charge in [-0.2, -0.15) is 4.98 Å². The van der Waals surface area contributed by atoms with Gasteiger partial charge in [-0.25, -0.2) is 23.4 Å². The Morgan fingerprint density at radius 2 is 1.33 bits per heavy atom. The maximum absolute atomic E-state index is 13.9. The van der Waals surface area contributed by atoms with Gasteiger partial charge in [0.1, 0.15) is 0 Å². The predicted molar refractivity (Wildman–Crippen MR) is 205 cm³/mol. The molecule has 1 amide bonds. The minimum atomic E-state index is -4.23. The third-order valence-electron chi connectivity index (χ3n) is 8.28. The van der Waals surface area contributed by atoms with E-state index in [-0.39, 0.29) is 64.1 Å². The quantitative estimate of drug-likeness (QED) is 0.115. The average molecular weight is 745 g/mol. The van der Waals surface area contributed by atoms with E-state index in [1.54, 1.807) is 42.5 Å². The lowest BCUT2D eigenvalue weighted by molar-refractivity contribution is -0.122. The highest BCUT2D eigenvalue weighted by atomic mass is 32.2. The minimum absolute atomic E-state index is 0.000362. The normalized spacial score (nSPS) is 11.5. The molecule has 54 heavy (non-hydrogen) atoms. The second-order valence-corrected chi connectivity index (χ2v) is 14.8. The second kappa shape index (κ2) is 16.6. The number of carbonyl (C=O) groups is 1. The summed E-state index contributed by atoms with van der Waals surface area (Å²) in [7, 11) is -2.75. The van der Waals surface area contributed by atoms with Crippen molar-refractivity contribution in [1.82, 2.24) is 25.3 Å². The molecule has 0 spiro atoms. The second-order valence-electron chi connectivity index (χ2n) is 13.2. The molecule has 276 valence electrons. The SMILES string of the molecule is COc1ccccc1Oc1c(NS(=O)(=O)c2ccc(C(C)(C)C)cc2)nc(-c2ncccn2)nc1OCCC(=O)NC(c1ccccc1)c1ccccc1. The molecule has 0 saturated carbocycles. The molecule has 6 aromatic rings. The van der Waals surface area contributed by atoms with E-state index in [1.807, 2.05) is 81.4 Å². The van der Waals surface area contributed by atoms with Gasteiger partial charge in [0, 0.05) is 12.4 Å². The van der Waals surface area contributed by atoms with Gasteiger partial charge in [0.15, 0.2) is 23.1 Å². The van der Waals surface area contributed by atoms with Crippen LogP contribution in [-0.4, -0.2) is 48.0 Å². The molecule has 2 heterocycles. The lowest BCUT2D eigenvalue weighted by atomic mass is 9.87. The molecular weight excluding hydrogens is 705 g/mol. The van der Waals surface area contributed by atoms with Gasteiger partial charge >= 0.3 is 0 Å². The summed E-state index contributed by atoms with van der Waals surface area (Å²) in [6.45, 7) is 5.97. The molecule has 0 radical (unpaired) electrons. The molecule has 2 aromatic heterocycles. The molecule has 0 atom stereocenters. The molecule has 0 bridgehead atoms. The van der Waals surface area contributed by atoms with Gasteiger partial charge in [-0.1, -0.05) is 106 Å². The highest BCUT2D eigenvalue weighted by molar-refractivity contribution is 7.92. The van der Waals surface area contributed by atoms with Crippen molar-refractivity contribution < 1.29 is 27.4 Å². The molecule has 2 N–H and O–H groups in total. The fourth-order valence-electron chi connectivity index (χ4n) is 5.46. The summed E-state index contributed by atoms with van der Waals surface area (Å²) in [5.41, 5.74) is 2.61. The van der Waals surface area contributed by atoms with Gasteiger partial charge in [0.05, 0.1) is 31.1 Å². The number of benzene rings is 4. The van der Waals surface area contributed by atoms with Crippen molar-refractivity contribution in [1.29, 1.82) is 0 Å². The standard InChI is InChI=1S/C41H40N6O6S/c1-41(2,3)30-20-22-31(23-21-30)54(49,50)47-37-36(53-33-19-12-11-18-32(33)51-4)40(46-39(45-37)38-42-25-13-26-43-38)52-27-24-34(48)44-35(28-14-7-5-8-15-28)29-16-9-6-10-17-29/h5-23,25-26,35H,24,27H2,1-4H3,(H,44,48)(H,45,46,47). The van der Waals surface area contributed by atoms with E-state index in [9.17, 15) is 13.2 Å². The number of nitrogens with zero attached hydrogens (tertiary/aromatic N) is 4. The minimum Gasteiger partial charge on any atom is -0.493 e. The molecule has 0 unspecified atom stereocenters. The van der Waals surface area contributed by atoms with Crippen molar-refractivity contribution in [2.45, 2.75) is 43.5 Å². The number of hydrogen-bond donors (Lipinski definition) is 2. The van der Waals surface area contributed by atoms with Gasteiger partial charge in [-0.05, 0) is 52.4 Å². The van der Waals surface area contributed by atoms with Gasteiger partial charge in [0.2, 0.25) is 17.5 Å². The fourth-order valence-corrected chi connectivity index (χ4v) is 6.47. The van der Waals surface area contributed by atoms with Crippen molar-refractivity contribution in [2.24, 2.45) is 0 Å². The summed E-state index contributed by atoms with van der Waals surface area (Å²) in [6, 6.07) is 33.9. The van der Waals surface area contributed by atoms with Crippen LogP contribution in [-0.2, 0) is 20.2 Å². The molecular formula is C41H40N6O6S. The zero-order chi connectivity index (χ0) is 38.1. The number of para-hydroxylation sites is 2. The lowest BCUT2D eigenvalue weighted by Crippen LogP contribution is -2.30. The van der Waals surface area contributed by atoms with Crippen LogP contribution >= 0.6 is 0 Å². The number of hydrogen-bond acceptors (Lipinski definition) is 10. The summed E-state index contributed by atoms with van der Waals surface area (Å²) in [5, 5.41) is 3.11. The summed E-state index contributed by atoms with van der Waals surface area (Å²) in [6.07, 6.45) is 2.94. The number of methoxy groups -OCH3 is 1. The fraction of sp³-hybridized carbons (Fsp3) is 0.195. The van der Waals surface area contributed by atoms with Crippen LogP contribution in [0.5, 0.6) is 23.1 Å². The van der Waals surface area contributed by atoms with Crippen molar-refractivity contribution in [3.8, 4) is 34.8 Å². The predicted octanol–water partition coefficient (Wildman–Crippen LogP) is 7.51. The molecule has 0 saturated heterocycles. The van der Waals surface area contributed by atoms with Gasteiger partial charge in [-0.3, -0.25) is 9.52 Å². The molecule has 4 aromatic carbocycles. The van der Waals surface area contributed by atoms with Crippen LogP contribution in [0.25, 0.3) is 11.6 Å². The van der Waals surface area contributed by atoms with Crippen LogP contribution in [0.2, 0.25) is 0 Å². The number of amides is 1. The Kier molecular flexibility index (Phi) is 11.5. The van der Waals surface area contributed by atoms with E-state index < -0.39 is 16.1 Å². The Labute approximate surface area is 314 Å². The molecule has 0 aliphatic rings. The maximum atomic E-state index is 13.9. The number of nitrogens with one attached hydrogen (secondary N) is 2. The van der Waals surface area contributed by atoms with Crippen LogP contribution in [0, 0.1) is 0 Å². The molecule has 0 aliphatic heterocycles. The van der Waals surface area contributed by atoms with E-state index in [4.69, 9.17) is 14.2 Å².